The Hall–Kier alpha value is -3.96. The maximum Gasteiger partial charge on any atom is 0.254 e. The number of aromatic nitrogens is 2. The van der Waals surface area contributed by atoms with E-state index < -0.39 is 23.9 Å². The number of nitrogens with zero attached hydrogens (tertiary/aromatic N) is 3. The normalized spacial score (nSPS) is 14.8. The van der Waals surface area contributed by atoms with Crippen LogP contribution >= 0.6 is 0 Å². The van der Waals surface area contributed by atoms with Crippen molar-refractivity contribution >= 4 is 11.6 Å². The number of aliphatic hydroxyl groups is 1. The molecule has 10 nitrogen and oxygen atoms in total. The van der Waals surface area contributed by atoms with E-state index in [1.807, 2.05) is 45.0 Å². The third kappa shape index (κ3) is 6.07. The van der Waals surface area contributed by atoms with Crippen molar-refractivity contribution in [1.82, 2.24) is 21.0 Å². The number of nitrogens with one attached hydrogen (secondary N) is 2. The number of ether oxygens (including phenoxy) is 1. The topological polar surface area (TPSA) is 122 Å². The maximum atomic E-state index is 14.6. The maximum absolute atomic E-state index is 14.6. The number of benzene rings is 2. The first-order valence-corrected chi connectivity index (χ1v) is 12.0. The SMILES string of the molecule is CCC(Oc1ccc(-c2noc(C(C)C)n2)cc1)C1=CN(c2ccc(C(=O)N[C@H](C)CO)c(F)c2)NO1. The molecule has 0 saturated carbocycles. The molecule has 196 valence electrons. The molecule has 2 heterocycles. The van der Waals surface area contributed by atoms with Crippen molar-refractivity contribution in [1.29, 1.82) is 0 Å². The molecular weight excluding hydrogens is 481 g/mol. The third-order valence-corrected chi connectivity index (χ3v) is 5.66. The fourth-order valence-corrected chi connectivity index (χ4v) is 3.52. The highest BCUT2D eigenvalue weighted by Gasteiger charge is 2.25. The number of rotatable bonds is 10. The quantitative estimate of drug-likeness (QED) is 0.370. The Morgan fingerprint density at radius 3 is 2.59 bits per heavy atom. The molecule has 3 aromatic rings. The van der Waals surface area contributed by atoms with Gasteiger partial charge in [0.2, 0.25) is 11.7 Å². The molecule has 0 aliphatic carbocycles. The van der Waals surface area contributed by atoms with Crippen LogP contribution in [0.4, 0.5) is 10.1 Å². The van der Waals surface area contributed by atoms with E-state index in [-0.39, 0.29) is 18.1 Å². The molecule has 4 rings (SSSR count). The molecule has 2 aromatic carbocycles. The minimum Gasteiger partial charge on any atom is -0.482 e. The molecular formula is C26H30FN5O5. The number of halogens is 1. The van der Waals surface area contributed by atoms with Gasteiger partial charge in [-0.25, -0.2) is 9.40 Å². The van der Waals surface area contributed by atoms with E-state index in [2.05, 4.69) is 21.0 Å². The fraction of sp³-hybridized carbons (Fsp3) is 0.346. The number of aliphatic hydroxyl groups excluding tert-OH is 1. The zero-order chi connectivity index (χ0) is 26.5. The van der Waals surface area contributed by atoms with Crippen molar-refractivity contribution in [2.45, 2.75) is 52.2 Å². The molecule has 1 aliphatic heterocycles. The number of hydrogen-bond donors (Lipinski definition) is 3. The first-order chi connectivity index (χ1) is 17.8. The largest absolute Gasteiger partial charge is 0.482 e. The van der Waals surface area contributed by atoms with E-state index in [1.54, 1.807) is 19.2 Å². The van der Waals surface area contributed by atoms with Crippen molar-refractivity contribution in [3.8, 4) is 17.1 Å². The van der Waals surface area contributed by atoms with E-state index in [4.69, 9.17) is 19.2 Å². The van der Waals surface area contributed by atoms with E-state index in [9.17, 15) is 9.18 Å². The summed E-state index contributed by atoms with van der Waals surface area (Å²) in [7, 11) is 0. The van der Waals surface area contributed by atoms with Gasteiger partial charge in [0.15, 0.2) is 11.9 Å². The molecule has 1 amide bonds. The summed E-state index contributed by atoms with van der Waals surface area (Å²) in [5, 5.41) is 17.1. The van der Waals surface area contributed by atoms with Gasteiger partial charge in [-0.3, -0.25) is 4.79 Å². The van der Waals surface area contributed by atoms with Gasteiger partial charge < -0.3 is 24.5 Å². The molecule has 1 aliphatic rings. The second kappa shape index (κ2) is 11.4. The Balaban J connectivity index is 1.42. The lowest BCUT2D eigenvalue weighted by molar-refractivity contribution is 0.0724. The van der Waals surface area contributed by atoms with E-state index in [0.29, 0.717) is 35.3 Å². The molecule has 0 radical (unpaired) electrons. The van der Waals surface area contributed by atoms with Crippen LogP contribution < -0.4 is 20.7 Å². The van der Waals surface area contributed by atoms with Crippen LogP contribution in [-0.2, 0) is 4.84 Å². The lowest BCUT2D eigenvalue weighted by Gasteiger charge is -2.17. The second-order valence-corrected chi connectivity index (χ2v) is 8.97. The van der Waals surface area contributed by atoms with Crippen molar-refractivity contribution in [2.24, 2.45) is 0 Å². The number of carbonyl (C=O) groups excluding carboxylic acids is 1. The Morgan fingerprint density at radius 1 is 1.22 bits per heavy atom. The summed E-state index contributed by atoms with van der Waals surface area (Å²) in [6.07, 6.45) is 1.87. The summed E-state index contributed by atoms with van der Waals surface area (Å²) in [5.41, 5.74) is 3.84. The van der Waals surface area contributed by atoms with Gasteiger partial charge in [0, 0.05) is 17.5 Å². The van der Waals surface area contributed by atoms with E-state index in [0.717, 1.165) is 5.56 Å². The molecule has 11 heteroatoms. The molecule has 0 fully saturated rings. The van der Waals surface area contributed by atoms with Gasteiger partial charge in [-0.15, -0.1) is 0 Å². The minimum absolute atomic E-state index is 0.118. The lowest BCUT2D eigenvalue weighted by atomic mass is 10.1. The Bertz CT molecular complexity index is 1260. The van der Waals surface area contributed by atoms with Crippen molar-refractivity contribution in [3.63, 3.8) is 0 Å². The third-order valence-electron chi connectivity index (χ3n) is 5.66. The van der Waals surface area contributed by atoms with Crippen molar-refractivity contribution in [3.05, 3.63) is 71.7 Å². The summed E-state index contributed by atoms with van der Waals surface area (Å²) in [6, 6.07) is 11.0. The smallest absolute Gasteiger partial charge is 0.254 e. The van der Waals surface area contributed by atoms with Gasteiger partial charge in [-0.05, 0) is 55.8 Å². The number of carbonyl (C=O) groups is 1. The van der Waals surface area contributed by atoms with Crippen LogP contribution in [0.15, 0.2) is 58.9 Å². The highest BCUT2D eigenvalue weighted by atomic mass is 19.1. The average Bonchev–Trinajstić information content (AvgIpc) is 3.58. The van der Waals surface area contributed by atoms with Gasteiger partial charge in [-0.1, -0.05) is 31.5 Å². The Labute approximate surface area is 214 Å². The Kier molecular flexibility index (Phi) is 8.04. The standard InChI is InChI=1S/C26H30FN5O5/c1-5-22(35-19-9-6-17(7-10-19)24-29-26(15(2)3)37-30-24)23-13-32(31-36-23)18-8-11-20(21(27)12-18)25(34)28-16(4)14-33/h6-13,15-16,22,31,33H,5,14H2,1-4H3,(H,28,34)/t16-,22?/m1/s1. The van der Waals surface area contributed by atoms with Gasteiger partial charge in [-0.2, -0.15) is 4.98 Å². The van der Waals surface area contributed by atoms with Gasteiger partial charge in [0.1, 0.15) is 11.6 Å². The van der Waals surface area contributed by atoms with Crippen LogP contribution in [0.2, 0.25) is 0 Å². The monoisotopic (exact) mass is 511 g/mol. The number of hydrogen-bond acceptors (Lipinski definition) is 9. The number of amides is 1. The summed E-state index contributed by atoms with van der Waals surface area (Å²) in [6.45, 7) is 7.31. The van der Waals surface area contributed by atoms with Crippen molar-refractivity contribution < 1.29 is 28.4 Å². The molecule has 1 aromatic heterocycles. The predicted molar refractivity (Wildman–Crippen MR) is 134 cm³/mol. The Morgan fingerprint density at radius 2 is 1.97 bits per heavy atom. The predicted octanol–water partition coefficient (Wildman–Crippen LogP) is 4.06. The average molecular weight is 512 g/mol. The van der Waals surface area contributed by atoms with Crippen LogP contribution in [0, 0.1) is 5.82 Å². The summed E-state index contributed by atoms with van der Waals surface area (Å²) in [4.78, 5) is 22.2. The molecule has 0 saturated heterocycles. The highest BCUT2D eigenvalue weighted by molar-refractivity contribution is 5.95. The summed E-state index contributed by atoms with van der Waals surface area (Å²) in [5.74, 6) is 1.08. The minimum atomic E-state index is -0.700. The molecule has 0 spiro atoms. The lowest BCUT2D eigenvalue weighted by Crippen LogP contribution is -2.35. The first-order valence-electron chi connectivity index (χ1n) is 12.0. The van der Waals surface area contributed by atoms with Crippen LogP contribution in [0.5, 0.6) is 5.75 Å². The molecule has 1 unspecified atom stereocenters. The molecule has 3 N–H and O–H groups in total. The fourth-order valence-electron chi connectivity index (χ4n) is 3.52. The van der Waals surface area contributed by atoms with Crippen molar-refractivity contribution in [2.75, 3.05) is 11.6 Å². The van der Waals surface area contributed by atoms with Crippen LogP contribution in [-0.4, -0.2) is 39.9 Å². The summed E-state index contributed by atoms with van der Waals surface area (Å²) < 4.78 is 26.0. The zero-order valence-electron chi connectivity index (χ0n) is 21.1. The molecule has 37 heavy (non-hydrogen) atoms. The van der Waals surface area contributed by atoms with Gasteiger partial charge >= 0.3 is 0 Å². The van der Waals surface area contributed by atoms with Crippen LogP contribution in [0.25, 0.3) is 11.4 Å². The van der Waals surface area contributed by atoms with Crippen LogP contribution in [0.1, 0.15) is 56.3 Å². The highest BCUT2D eigenvalue weighted by Crippen LogP contribution is 2.27. The molecule has 0 bridgehead atoms. The molecule has 2 atom stereocenters. The second-order valence-electron chi connectivity index (χ2n) is 8.97. The van der Waals surface area contributed by atoms with Crippen LogP contribution in [0.3, 0.4) is 0 Å². The first kappa shape index (κ1) is 26.1. The number of anilines is 1. The van der Waals surface area contributed by atoms with E-state index >= 15 is 0 Å². The van der Waals surface area contributed by atoms with Gasteiger partial charge in [0.05, 0.1) is 24.1 Å². The summed E-state index contributed by atoms with van der Waals surface area (Å²) >= 11 is 0. The van der Waals surface area contributed by atoms with E-state index in [1.165, 1.54) is 17.1 Å². The van der Waals surface area contributed by atoms with Gasteiger partial charge in [0.25, 0.3) is 5.91 Å². The number of hydrazine groups is 1. The zero-order valence-corrected chi connectivity index (χ0v) is 21.1.